The number of piperidine rings is 1. The zero-order valence-corrected chi connectivity index (χ0v) is 19.0. The van der Waals surface area contributed by atoms with E-state index >= 15 is 0 Å². The van der Waals surface area contributed by atoms with Gasteiger partial charge in [-0.15, -0.1) is 0 Å². The molecule has 1 aliphatic heterocycles. The van der Waals surface area contributed by atoms with E-state index in [0.29, 0.717) is 30.3 Å². The van der Waals surface area contributed by atoms with Crippen molar-refractivity contribution in [1.29, 1.82) is 0 Å². The number of carbonyl (C=O) groups excluding carboxylic acids is 1. The maximum absolute atomic E-state index is 13.4. The third-order valence-electron chi connectivity index (χ3n) is 5.97. The molecule has 1 heterocycles. The number of nitrogens with one attached hydrogen (secondary N) is 1. The Morgan fingerprint density at radius 1 is 1.00 bits per heavy atom. The Bertz CT molecular complexity index is 1250. The minimum Gasteiger partial charge on any atom is -0.508 e. The molecular formula is C25H25FN2O4S. The SMILES string of the molecule is Cc1cc(S(=O)(=O)Nc2ccc(C(=O)N3CCC(c4ccc(O)cc4)CC3)cc2)ccc1F. The van der Waals surface area contributed by atoms with Crippen LogP contribution in [0.25, 0.3) is 0 Å². The van der Waals surface area contributed by atoms with Crippen molar-refractivity contribution < 1.29 is 22.7 Å². The molecule has 1 aliphatic rings. The number of nitrogens with zero attached hydrogens (tertiary/aromatic N) is 1. The van der Waals surface area contributed by atoms with Crippen LogP contribution in [0.15, 0.2) is 71.6 Å². The summed E-state index contributed by atoms with van der Waals surface area (Å²) >= 11 is 0. The minimum absolute atomic E-state index is 0.0296. The molecular weight excluding hydrogens is 443 g/mol. The smallest absolute Gasteiger partial charge is 0.261 e. The Labute approximate surface area is 192 Å². The third kappa shape index (κ3) is 5.17. The molecule has 0 bridgehead atoms. The fourth-order valence-electron chi connectivity index (χ4n) is 4.02. The van der Waals surface area contributed by atoms with Gasteiger partial charge in [0.25, 0.3) is 15.9 Å². The minimum atomic E-state index is -3.87. The quantitative estimate of drug-likeness (QED) is 0.570. The lowest BCUT2D eigenvalue weighted by molar-refractivity contribution is 0.0713. The predicted octanol–water partition coefficient (Wildman–Crippen LogP) is 4.66. The number of carbonyl (C=O) groups is 1. The molecule has 172 valence electrons. The Morgan fingerprint density at radius 3 is 2.24 bits per heavy atom. The van der Waals surface area contributed by atoms with Crippen molar-refractivity contribution in [2.45, 2.75) is 30.6 Å². The van der Waals surface area contributed by atoms with Crippen LogP contribution in [0.5, 0.6) is 5.75 Å². The number of anilines is 1. The number of phenolic OH excluding ortho intramolecular Hbond substituents is 1. The van der Waals surface area contributed by atoms with E-state index in [0.717, 1.165) is 24.5 Å². The summed E-state index contributed by atoms with van der Waals surface area (Å²) in [5, 5.41) is 9.45. The third-order valence-corrected chi connectivity index (χ3v) is 7.35. The zero-order chi connectivity index (χ0) is 23.6. The van der Waals surface area contributed by atoms with Gasteiger partial charge < -0.3 is 10.0 Å². The lowest BCUT2D eigenvalue weighted by Crippen LogP contribution is -2.37. The van der Waals surface area contributed by atoms with Crippen LogP contribution in [0.2, 0.25) is 0 Å². The van der Waals surface area contributed by atoms with Gasteiger partial charge in [-0.1, -0.05) is 12.1 Å². The van der Waals surface area contributed by atoms with Crippen LogP contribution < -0.4 is 4.72 Å². The van der Waals surface area contributed by atoms with Gasteiger partial charge >= 0.3 is 0 Å². The summed E-state index contributed by atoms with van der Waals surface area (Å²) in [7, 11) is -3.87. The zero-order valence-electron chi connectivity index (χ0n) is 18.2. The number of rotatable bonds is 5. The van der Waals surface area contributed by atoms with Gasteiger partial charge in [0.2, 0.25) is 0 Å². The fourth-order valence-corrected chi connectivity index (χ4v) is 5.17. The van der Waals surface area contributed by atoms with Gasteiger partial charge in [0.1, 0.15) is 11.6 Å². The molecule has 3 aromatic rings. The first kappa shape index (κ1) is 22.8. The number of amides is 1. The predicted molar refractivity (Wildman–Crippen MR) is 124 cm³/mol. The van der Waals surface area contributed by atoms with Gasteiger partial charge in [-0.05, 0) is 91.4 Å². The maximum Gasteiger partial charge on any atom is 0.261 e. The van der Waals surface area contributed by atoms with Crippen molar-refractivity contribution in [2.75, 3.05) is 17.8 Å². The van der Waals surface area contributed by atoms with Crippen LogP contribution in [-0.4, -0.2) is 37.4 Å². The van der Waals surface area contributed by atoms with Crippen molar-refractivity contribution in [2.24, 2.45) is 0 Å². The van der Waals surface area contributed by atoms with Crippen molar-refractivity contribution in [3.05, 3.63) is 89.2 Å². The van der Waals surface area contributed by atoms with Crippen LogP contribution in [-0.2, 0) is 10.0 Å². The average Bonchev–Trinajstić information content (AvgIpc) is 2.81. The first-order chi connectivity index (χ1) is 15.7. The monoisotopic (exact) mass is 468 g/mol. The molecule has 0 unspecified atom stereocenters. The highest BCUT2D eigenvalue weighted by Gasteiger charge is 2.25. The second kappa shape index (κ2) is 9.23. The second-order valence-corrected chi connectivity index (χ2v) is 9.93. The summed E-state index contributed by atoms with van der Waals surface area (Å²) in [5.74, 6) is 0.0260. The van der Waals surface area contributed by atoms with Crippen molar-refractivity contribution >= 4 is 21.6 Å². The van der Waals surface area contributed by atoms with Crippen LogP contribution in [0.3, 0.4) is 0 Å². The van der Waals surface area contributed by atoms with Gasteiger partial charge in [0.05, 0.1) is 4.90 Å². The molecule has 1 fully saturated rings. The van der Waals surface area contributed by atoms with Gasteiger partial charge in [-0.25, -0.2) is 12.8 Å². The summed E-state index contributed by atoms with van der Waals surface area (Å²) in [5.41, 5.74) is 2.21. The Hall–Kier alpha value is -3.39. The number of aryl methyl sites for hydroxylation is 1. The fraction of sp³-hybridized carbons (Fsp3) is 0.240. The number of halogens is 1. The van der Waals surface area contributed by atoms with E-state index in [9.17, 15) is 22.7 Å². The lowest BCUT2D eigenvalue weighted by Gasteiger charge is -2.32. The van der Waals surface area contributed by atoms with Crippen molar-refractivity contribution in [3.8, 4) is 5.75 Å². The van der Waals surface area contributed by atoms with E-state index in [1.165, 1.54) is 19.1 Å². The van der Waals surface area contributed by atoms with E-state index in [1.807, 2.05) is 12.1 Å². The first-order valence-electron chi connectivity index (χ1n) is 10.7. The van der Waals surface area contributed by atoms with E-state index in [2.05, 4.69) is 4.72 Å². The van der Waals surface area contributed by atoms with Gasteiger partial charge in [-0.2, -0.15) is 0 Å². The van der Waals surface area contributed by atoms with E-state index in [-0.39, 0.29) is 22.1 Å². The lowest BCUT2D eigenvalue weighted by atomic mass is 9.89. The molecule has 0 spiro atoms. The van der Waals surface area contributed by atoms with Crippen LogP contribution >= 0.6 is 0 Å². The number of benzene rings is 3. The molecule has 2 N–H and O–H groups in total. The maximum atomic E-state index is 13.4. The molecule has 0 saturated carbocycles. The largest absolute Gasteiger partial charge is 0.508 e. The number of sulfonamides is 1. The highest BCUT2D eigenvalue weighted by molar-refractivity contribution is 7.92. The van der Waals surface area contributed by atoms with Crippen LogP contribution in [0.1, 0.15) is 40.2 Å². The topological polar surface area (TPSA) is 86.7 Å². The molecule has 0 aliphatic carbocycles. The molecule has 0 radical (unpaired) electrons. The van der Waals surface area contributed by atoms with E-state index in [1.54, 1.807) is 41.3 Å². The Morgan fingerprint density at radius 2 is 1.64 bits per heavy atom. The normalized spacial score (nSPS) is 14.8. The van der Waals surface area contributed by atoms with Crippen molar-refractivity contribution in [1.82, 2.24) is 4.90 Å². The number of hydrogen-bond donors (Lipinski definition) is 2. The molecule has 1 amide bonds. The standard InChI is InChI=1S/C25H25FN2O4S/c1-17-16-23(10-11-24(17)26)33(31,32)27-21-6-2-20(3-7-21)25(30)28-14-12-19(13-15-28)18-4-8-22(29)9-5-18/h2-11,16,19,27,29H,12-15H2,1H3. The summed E-state index contributed by atoms with van der Waals surface area (Å²) < 4.78 is 41.1. The highest BCUT2D eigenvalue weighted by atomic mass is 32.2. The summed E-state index contributed by atoms with van der Waals surface area (Å²) in [6, 6.07) is 17.1. The molecule has 6 nitrogen and oxygen atoms in total. The molecule has 0 atom stereocenters. The molecule has 4 rings (SSSR count). The van der Waals surface area contributed by atoms with E-state index in [4.69, 9.17) is 0 Å². The average molecular weight is 469 g/mol. The molecule has 1 saturated heterocycles. The van der Waals surface area contributed by atoms with E-state index < -0.39 is 15.8 Å². The van der Waals surface area contributed by atoms with Gasteiger partial charge in [0, 0.05) is 24.3 Å². The van der Waals surface area contributed by atoms with Crippen LogP contribution in [0, 0.1) is 12.7 Å². The summed E-state index contributed by atoms with van der Waals surface area (Å²) in [6.45, 7) is 2.76. The number of hydrogen-bond acceptors (Lipinski definition) is 4. The molecule has 3 aromatic carbocycles. The Kier molecular flexibility index (Phi) is 6.37. The van der Waals surface area contributed by atoms with Crippen LogP contribution in [0.4, 0.5) is 10.1 Å². The number of aromatic hydroxyl groups is 1. The number of phenols is 1. The summed E-state index contributed by atoms with van der Waals surface area (Å²) in [6.07, 6.45) is 1.68. The molecule has 33 heavy (non-hydrogen) atoms. The summed E-state index contributed by atoms with van der Waals surface area (Å²) in [4.78, 5) is 14.7. The molecule has 0 aromatic heterocycles. The van der Waals surface area contributed by atoms with Gasteiger partial charge in [-0.3, -0.25) is 9.52 Å². The Balaban J connectivity index is 1.38. The first-order valence-corrected chi connectivity index (χ1v) is 12.2. The second-order valence-electron chi connectivity index (χ2n) is 8.25. The van der Waals surface area contributed by atoms with Crippen molar-refractivity contribution in [3.63, 3.8) is 0 Å². The highest BCUT2D eigenvalue weighted by Crippen LogP contribution is 2.30. The molecule has 8 heteroatoms. The number of likely N-dealkylation sites (tertiary alicyclic amines) is 1. The van der Waals surface area contributed by atoms with Gasteiger partial charge in [0.15, 0.2) is 0 Å².